The van der Waals surface area contributed by atoms with E-state index in [2.05, 4.69) is 57.3 Å². The van der Waals surface area contributed by atoms with Gasteiger partial charge >= 0.3 is 6.03 Å². The van der Waals surface area contributed by atoms with Crippen molar-refractivity contribution in [2.45, 2.75) is 45.4 Å². The van der Waals surface area contributed by atoms with Gasteiger partial charge in [-0.05, 0) is 47.4 Å². The Balaban J connectivity index is 1.66. The first-order valence-electron chi connectivity index (χ1n) is 15.7. The van der Waals surface area contributed by atoms with Gasteiger partial charge in [0.25, 0.3) is 0 Å². The van der Waals surface area contributed by atoms with Crippen LogP contribution in [-0.2, 0) is 22.1 Å². The lowest BCUT2D eigenvalue weighted by atomic mass is 9.56. The lowest BCUT2D eigenvalue weighted by Crippen LogP contribution is -2.69. The summed E-state index contributed by atoms with van der Waals surface area (Å²) in [4.78, 5) is 28.7. The van der Waals surface area contributed by atoms with Gasteiger partial charge < -0.3 is 14.5 Å². The standard InChI is InChI=1S/C38H41N5O3Si/c1-36(2,3)37(4,28-15-9-6-10-16-28)38(46-47,29-17-11-7-12-18-29)43-33-27(25-39-34(41-33)40-30-19-13-8-14-20-30)26-42(35(43)44)31-21-23-32(45-5)24-22-31/h6-25H,26H2,1-5,47H3,(H,39,40,41). The van der Waals surface area contributed by atoms with E-state index < -0.39 is 16.6 Å². The van der Waals surface area contributed by atoms with Crippen molar-refractivity contribution < 1.29 is 14.0 Å². The normalized spacial score (nSPS) is 15.8. The van der Waals surface area contributed by atoms with Gasteiger partial charge in [0, 0.05) is 34.1 Å². The molecule has 4 aromatic carbocycles. The number of para-hydroxylation sites is 1. The molecule has 0 saturated heterocycles. The Labute approximate surface area is 279 Å². The monoisotopic (exact) mass is 643 g/mol. The molecule has 6 rings (SSSR count). The Hall–Kier alpha value is -4.99. The first-order valence-corrected chi connectivity index (χ1v) is 16.6. The van der Waals surface area contributed by atoms with Crippen molar-refractivity contribution in [3.05, 3.63) is 138 Å². The van der Waals surface area contributed by atoms with E-state index in [-0.39, 0.29) is 12.6 Å². The summed E-state index contributed by atoms with van der Waals surface area (Å²) >= 11 is 0. The number of fused-ring (bicyclic) bond motifs is 1. The van der Waals surface area contributed by atoms with Crippen LogP contribution in [0.3, 0.4) is 0 Å². The van der Waals surface area contributed by atoms with Gasteiger partial charge in [0.15, 0.2) is 5.72 Å². The van der Waals surface area contributed by atoms with Crippen LogP contribution in [-0.4, -0.2) is 33.6 Å². The molecule has 0 aliphatic carbocycles. The molecular formula is C38H41N5O3Si. The zero-order chi connectivity index (χ0) is 33.2. The van der Waals surface area contributed by atoms with Gasteiger partial charge in [0.1, 0.15) is 22.1 Å². The molecular weight excluding hydrogens is 603 g/mol. The van der Waals surface area contributed by atoms with Crippen LogP contribution in [0.5, 0.6) is 5.75 Å². The van der Waals surface area contributed by atoms with Gasteiger partial charge in [-0.2, -0.15) is 4.98 Å². The number of nitrogens with zero attached hydrogens (tertiary/aromatic N) is 4. The van der Waals surface area contributed by atoms with Gasteiger partial charge in [-0.15, -0.1) is 0 Å². The molecule has 47 heavy (non-hydrogen) atoms. The number of rotatable bonds is 9. The van der Waals surface area contributed by atoms with Crippen molar-refractivity contribution in [2.75, 3.05) is 22.2 Å². The topological polar surface area (TPSA) is 79.8 Å². The van der Waals surface area contributed by atoms with Crippen LogP contribution in [0, 0.1) is 5.41 Å². The second kappa shape index (κ2) is 12.7. The van der Waals surface area contributed by atoms with Crippen LogP contribution < -0.4 is 19.9 Å². The second-order valence-corrected chi connectivity index (χ2v) is 13.3. The number of nitrogens with one attached hydrogen (secondary N) is 1. The summed E-state index contributed by atoms with van der Waals surface area (Å²) < 4.78 is 12.5. The fourth-order valence-electron chi connectivity index (χ4n) is 6.74. The SMILES string of the molecule is COc1ccc(N2Cc3cnc(Nc4ccccc4)nc3N(C(O[SiH3])(c3ccccc3)C(C)(c3ccccc3)C(C)(C)C)C2=O)cc1. The third-order valence-corrected chi connectivity index (χ3v) is 10.1. The molecule has 1 aliphatic heterocycles. The Kier molecular flexibility index (Phi) is 8.61. The number of hydrogen-bond donors (Lipinski definition) is 1. The number of benzene rings is 4. The maximum Gasteiger partial charge on any atom is 0.333 e. The van der Waals surface area contributed by atoms with E-state index in [1.165, 1.54) is 0 Å². The van der Waals surface area contributed by atoms with Gasteiger partial charge in [0.05, 0.1) is 13.7 Å². The molecule has 9 heteroatoms. The van der Waals surface area contributed by atoms with Crippen molar-refractivity contribution in [2.24, 2.45) is 5.41 Å². The molecule has 2 amide bonds. The van der Waals surface area contributed by atoms with Gasteiger partial charge in [-0.25, -0.2) is 14.7 Å². The minimum atomic E-state index is -1.32. The molecule has 1 aromatic heterocycles. The molecule has 0 radical (unpaired) electrons. The van der Waals surface area contributed by atoms with Gasteiger partial charge in [0.2, 0.25) is 5.95 Å². The fraction of sp³-hybridized carbons (Fsp3) is 0.237. The van der Waals surface area contributed by atoms with Crippen LogP contribution in [0.15, 0.2) is 121 Å². The number of carbonyl (C=O) groups excluding carboxylic acids is 1. The third-order valence-electron chi connectivity index (χ3n) is 9.52. The summed E-state index contributed by atoms with van der Waals surface area (Å²) in [5.74, 6) is 1.60. The number of urea groups is 1. The number of hydrogen-bond acceptors (Lipinski definition) is 6. The van der Waals surface area contributed by atoms with Crippen LogP contribution in [0.25, 0.3) is 0 Å². The number of methoxy groups -OCH3 is 1. The highest BCUT2D eigenvalue weighted by Gasteiger charge is 2.63. The van der Waals surface area contributed by atoms with Crippen LogP contribution >= 0.6 is 0 Å². The first kappa shape index (κ1) is 32.0. The Morgan fingerprint density at radius 3 is 1.91 bits per heavy atom. The predicted molar refractivity (Wildman–Crippen MR) is 191 cm³/mol. The smallest absolute Gasteiger partial charge is 0.333 e. The molecule has 0 bridgehead atoms. The van der Waals surface area contributed by atoms with Crippen LogP contribution in [0.4, 0.5) is 27.9 Å². The van der Waals surface area contributed by atoms with E-state index in [0.717, 1.165) is 28.1 Å². The van der Waals surface area contributed by atoms with Crippen molar-refractivity contribution in [1.82, 2.24) is 9.97 Å². The highest BCUT2D eigenvalue weighted by Crippen LogP contribution is 2.58. The lowest BCUT2D eigenvalue weighted by Gasteiger charge is -2.60. The molecule has 2 unspecified atom stereocenters. The summed E-state index contributed by atoms with van der Waals surface area (Å²) in [6.45, 7) is 9.11. The number of anilines is 4. The van der Waals surface area contributed by atoms with E-state index in [4.69, 9.17) is 19.1 Å². The van der Waals surface area contributed by atoms with E-state index in [1.54, 1.807) is 16.9 Å². The lowest BCUT2D eigenvalue weighted by molar-refractivity contribution is -0.0575. The van der Waals surface area contributed by atoms with Gasteiger partial charge in [-0.3, -0.25) is 4.90 Å². The third kappa shape index (κ3) is 5.45. The molecule has 240 valence electrons. The molecule has 0 spiro atoms. The Morgan fingerprint density at radius 1 is 0.787 bits per heavy atom. The van der Waals surface area contributed by atoms with Crippen molar-refractivity contribution in [1.29, 1.82) is 0 Å². The quantitative estimate of drug-likeness (QED) is 0.170. The Morgan fingerprint density at radius 2 is 1.36 bits per heavy atom. The van der Waals surface area contributed by atoms with E-state index >= 15 is 4.79 Å². The average Bonchev–Trinajstić information content (AvgIpc) is 3.10. The molecule has 0 fully saturated rings. The number of carbonyl (C=O) groups is 1. The summed E-state index contributed by atoms with van der Waals surface area (Å²) in [7, 11) is 1.95. The van der Waals surface area contributed by atoms with Crippen LogP contribution in [0.1, 0.15) is 44.4 Å². The summed E-state index contributed by atoms with van der Waals surface area (Å²) in [6, 6.07) is 37.5. The van der Waals surface area contributed by atoms with Crippen LogP contribution in [0.2, 0.25) is 0 Å². The summed E-state index contributed by atoms with van der Waals surface area (Å²) in [5.41, 5.74) is 1.72. The predicted octanol–water partition coefficient (Wildman–Crippen LogP) is 7.33. The average molecular weight is 644 g/mol. The molecule has 8 nitrogen and oxygen atoms in total. The molecule has 1 aliphatic rings. The van der Waals surface area contributed by atoms with Crippen molar-refractivity contribution in [3.63, 3.8) is 0 Å². The van der Waals surface area contributed by atoms with E-state index in [1.807, 2.05) is 97.2 Å². The number of amides is 2. The minimum absolute atomic E-state index is 0.252. The molecule has 2 atom stereocenters. The fourth-order valence-corrected chi connectivity index (χ4v) is 7.56. The van der Waals surface area contributed by atoms with Gasteiger partial charge in [-0.1, -0.05) is 107 Å². The zero-order valence-corrected chi connectivity index (χ0v) is 29.8. The molecule has 1 N–H and O–H groups in total. The molecule has 0 saturated carbocycles. The van der Waals surface area contributed by atoms with E-state index in [9.17, 15) is 0 Å². The second-order valence-electron chi connectivity index (χ2n) is 12.9. The zero-order valence-electron chi connectivity index (χ0n) is 27.8. The summed E-state index contributed by atoms with van der Waals surface area (Å²) in [5, 5.41) is 3.34. The maximum atomic E-state index is 15.4. The largest absolute Gasteiger partial charge is 0.497 e. The first-order chi connectivity index (χ1) is 22.6. The summed E-state index contributed by atoms with van der Waals surface area (Å²) in [6.07, 6.45) is 1.81. The highest BCUT2D eigenvalue weighted by molar-refractivity contribution is 6.08. The minimum Gasteiger partial charge on any atom is -0.497 e. The molecule has 5 aromatic rings. The Bertz CT molecular complexity index is 1840. The maximum absolute atomic E-state index is 15.4. The van der Waals surface area contributed by atoms with Crippen molar-refractivity contribution in [3.8, 4) is 5.75 Å². The highest BCUT2D eigenvalue weighted by atomic mass is 28.2. The number of ether oxygens (including phenoxy) is 1. The molecule has 2 heterocycles. The number of aromatic nitrogens is 2. The van der Waals surface area contributed by atoms with Crippen molar-refractivity contribution >= 4 is 39.7 Å². The van der Waals surface area contributed by atoms with E-state index in [0.29, 0.717) is 28.0 Å².